The minimum absolute atomic E-state index is 0.176. The average Bonchev–Trinajstić information content (AvgIpc) is 3.02. The van der Waals surface area contributed by atoms with E-state index in [1.165, 1.54) is 18.4 Å². The van der Waals surface area contributed by atoms with Gasteiger partial charge in [-0.05, 0) is 36.0 Å². The molecule has 0 amide bonds. The lowest BCUT2D eigenvalue weighted by Crippen LogP contribution is -2.13. The van der Waals surface area contributed by atoms with Gasteiger partial charge in [0.05, 0.1) is 10.6 Å². The Morgan fingerprint density at radius 3 is 2.60 bits per heavy atom. The highest BCUT2D eigenvalue weighted by Gasteiger charge is 2.33. The molecule has 0 spiro atoms. The molecule has 1 fully saturated rings. The first-order valence-corrected chi connectivity index (χ1v) is 6.86. The molecular weight excluding hydrogens is 208 g/mol. The summed E-state index contributed by atoms with van der Waals surface area (Å²) < 4.78 is 23.6. The summed E-state index contributed by atoms with van der Waals surface area (Å²) >= 11 is 0. The van der Waals surface area contributed by atoms with Crippen molar-refractivity contribution in [2.45, 2.75) is 17.7 Å². The van der Waals surface area contributed by atoms with Gasteiger partial charge in [0, 0.05) is 0 Å². The lowest BCUT2D eigenvalue weighted by Gasteiger charge is -2.17. The van der Waals surface area contributed by atoms with Crippen molar-refractivity contribution in [2.24, 2.45) is 5.92 Å². The van der Waals surface area contributed by atoms with Gasteiger partial charge >= 0.3 is 0 Å². The van der Waals surface area contributed by atoms with Crippen molar-refractivity contribution in [1.29, 1.82) is 0 Å². The van der Waals surface area contributed by atoms with Gasteiger partial charge < -0.3 is 0 Å². The summed E-state index contributed by atoms with van der Waals surface area (Å²) in [6, 6.07) is 7.36. The van der Waals surface area contributed by atoms with E-state index in [2.05, 4.69) is 0 Å². The van der Waals surface area contributed by atoms with Gasteiger partial charge in [0.2, 0.25) is 0 Å². The van der Waals surface area contributed by atoms with Crippen LogP contribution in [0.3, 0.4) is 0 Å². The lowest BCUT2D eigenvalue weighted by molar-refractivity contribution is 0.598. The molecule has 1 aliphatic carbocycles. The zero-order chi connectivity index (χ0) is 10.5. The monoisotopic (exact) mass is 220 g/mol. The molecule has 1 aliphatic heterocycles. The largest absolute Gasteiger partial charge is 0.223 e. The molecule has 0 unspecified atom stereocenters. The minimum Gasteiger partial charge on any atom is -0.223 e. The molecule has 0 N–H and O–H groups in total. The summed E-state index contributed by atoms with van der Waals surface area (Å²) in [7, 11) is -3.06. The maximum Gasteiger partial charge on any atom is 0.182 e. The highest BCUT2D eigenvalue weighted by Crippen LogP contribution is 2.45. The molecule has 3 heteroatoms. The molecule has 2 nitrogen and oxygen atoms in total. The first-order valence-electron chi connectivity index (χ1n) is 5.21. The van der Waals surface area contributed by atoms with E-state index >= 15 is 0 Å². The number of sulfone groups is 1. The lowest BCUT2D eigenvalue weighted by atomic mass is 10.0. The van der Waals surface area contributed by atoms with Crippen molar-refractivity contribution in [1.82, 2.24) is 0 Å². The second-order valence-corrected chi connectivity index (χ2v) is 6.21. The molecule has 0 aromatic heterocycles. The van der Waals surface area contributed by atoms with Gasteiger partial charge in [-0.25, -0.2) is 8.42 Å². The Kier molecular flexibility index (Phi) is 1.80. The van der Waals surface area contributed by atoms with E-state index < -0.39 is 9.84 Å². The van der Waals surface area contributed by atoms with Crippen LogP contribution in [-0.2, 0) is 9.84 Å². The van der Waals surface area contributed by atoms with Gasteiger partial charge in [0.1, 0.15) is 0 Å². The van der Waals surface area contributed by atoms with Crippen LogP contribution in [0.1, 0.15) is 18.4 Å². The molecule has 3 rings (SSSR count). The molecule has 1 saturated carbocycles. The zero-order valence-corrected chi connectivity index (χ0v) is 9.13. The number of fused-ring (bicyclic) bond motifs is 1. The summed E-state index contributed by atoms with van der Waals surface area (Å²) in [6.45, 7) is 0. The minimum atomic E-state index is -3.06. The number of hydrogen-bond acceptors (Lipinski definition) is 2. The maximum absolute atomic E-state index is 11.8. The van der Waals surface area contributed by atoms with E-state index in [-0.39, 0.29) is 5.75 Å². The van der Waals surface area contributed by atoms with Crippen LogP contribution in [0, 0.1) is 5.92 Å². The van der Waals surface area contributed by atoms with Crippen molar-refractivity contribution in [2.75, 3.05) is 5.75 Å². The summed E-state index contributed by atoms with van der Waals surface area (Å²) in [6.07, 6.45) is 4.32. The summed E-state index contributed by atoms with van der Waals surface area (Å²) in [4.78, 5) is 0.523. The second kappa shape index (κ2) is 2.95. The Balaban J connectivity index is 2.23. The van der Waals surface area contributed by atoms with Crippen molar-refractivity contribution < 1.29 is 8.42 Å². The highest BCUT2D eigenvalue weighted by atomic mass is 32.2. The third-order valence-corrected chi connectivity index (χ3v) is 4.70. The van der Waals surface area contributed by atoms with Crippen LogP contribution in [-0.4, -0.2) is 14.2 Å². The Morgan fingerprint density at radius 2 is 1.87 bits per heavy atom. The summed E-state index contributed by atoms with van der Waals surface area (Å²) in [5.41, 5.74) is 2.19. The van der Waals surface area contributed by atoms with Crippen LogP contribution in [0.15, 0.2) is 35.2 Å². The van der Waals surface area contributed by atoms with Gasteiger partial charge in [-0.3, -0.25) is 0 Å². The molecule has 0 saturated heterocycles. The number of benzene rings is 1. The van der Waals surface area contributed by atoms with E-state index in [1.54, 1.807) is 12.1 Å². The van der Waals surface area contributed by atoms with E-state index in [9.17, 15) is 8.42 Å². The predicted octanol–water partition coefficient (Wildman–Crippen LogP) is 2.27. The van der Waals surface area contributed by atoms with Crippen molar-refractivity contribution in [3.05, 3.63) is 35.9 Å². The number of allylic oxidation sites excluding steroid dienone is 1. The normalized spacial score (nSPS) is 23.1. The van der Waals surface area contributed by atoms with Crippen LogP contribution < -0.4 is 0 Å². The quantitative estimate of drug-likeness (QED) is 0.727. The van der Waals surface area contributed by atoms with Gasteiger partial charge in [-0.15, -0.1) is 0 Å². The third-order valence-electron chi connectivity index (χ3n) is 3.07. The van der Waals surface area contributed by atoms with Gasteiger partial charge in [0.15, 0.2) is 9.84 Å². The van der Waals surface area contributed by atoms with E-state index in [0.29, 0.717) is 10.8 Å². The molecular formula is C12H12O2S. The average molecular weight is 220 g/mol. The molecule has 0 atom stereocenters. The number of hydrogen-bond donors (Lipinski definition) is 0. The van der Waals surface area contributed by atoms with Crippen LogP contribution in [0.25, 0.3) is 5.57 Å². The van der Waals surface area contributed by atoms with E-state index in [1.807, 2.05) is 18.2 Å². The van der Waals surface area contributed by atoms with Crippen molar-refractivity contribution >= 4 is 15.4 Å². The predicted molar refractivity (Wildman–Crippen MR) is 59.2 cm³/mol. The molecule has 78 valence electrons. The topological polar surface area (TPSA) is 34.1 Å². The second-order valence-electron chi connectivity index (χ2n) is 4.21. The molecule has 0 radical (unpaired) electrons. The molecule has 1 aromatic rings. The zero-order valence-electron chi connectivity index (χ0n) is 8.31. The molecule has 1 aromatic carbocycles. The van der Waals surface area contributed by atoms with Crippen LogP contribution in [0.5, 0.6) is 0 Å². The Hall–Kier alpha value is -1.09. The fourth-order valence-electron chi connectivity index (χ4n) is 2.16. The molecule has 2 aliphatic rings. The summed E-state index contributed by atoms with van der Waals surface area (Å²) in [5.74, 6) is 0.789. The molecule has 15 heavy (non-hydrogen) atoms. The van der Waals surface area contributed by atoms with Crippen molar-refractivity contribution in [3.63, 3.8) is 0 Å². The smallest absolute Gasteiger partial charge is 0.182 e. The fraction of sp³-hybridized carbons (Fsp3) is 0.333. The molecule has 0 bridgehead atoms. The van der Waals surface area contributed by atoms with Gasteiger partial charge in [0.25, 0.3) is 0 Å². The summed E-state index contributed by atoms with van der Waals surface area (Å²) in [5, 5.41) is 0. The van der Waals surface area contributed by atoms with Gasteiger partial charge in [-0.2, -0.15) is 0 Å². The van der Waals surface area contributed by atoms with Crippen LogP contribution >= 0.6 is 0 Å². The third kappa shape index (κ3) is 1.42. The first-order chi connectivity index (χ1) is 7.18. The van der Waals surface area contributed by atoms with E-state index in [0.717, 1.165) is 5.56 Å². The Bertz CT molecular complexity index is 536. The highest BCUT2D eigenvalue weighted by molar-refractivity contribution is 7.91. The Morgan fingerprint density at radius 1 is 1.13 bits per heavy atom. The first kappa shape index (κ1) is 9.16. The SMILES string of the molecule is O=S1(=O)CC=C(C2CC2)c2ccccc21. The van der Waals surface area contributed by atoms with E-state index in [4.69, 9.17) is 0 Å². The van der Waals surface area contributed by atoms with Crippen molar-refractivity contribution in [3.8, 4) is 0 Å². The van der Waals surface area contributed by atoms with Gasteiger partial charge in [-0.1, -0.05) is 24.3 Å². The fourth-order valence-corrected chi connectivity index (χ4v) is 3.54. The van der Waals surface area contributed by atoms with Crippen LogP contribution in [0.2, 0.25) is 0 Å². The molecule has 1 heterocycles. The van der Waals surface area contributed by atoms with Crippen LogP contribution in [0.4, 0.5) is 0 Å². The number of rotatable bonds is 1. The maximum atomic E-state index is 11.8. The Labute approximate surface area is 89.5 Å². The standard InChI is InChI=1S/C12H12O2S/c13-15(14)8-7-10(9-5-6-9)11-3-1-2-4-12(11)15/h1-4,7,9H,5-6,8H2.